The highest BCUT2D eigenvalue weighted by Crippen LogP contribution is 2.04. The van der Waals surface area contributed by atoms with Gasteiger partial charge in [-0.3, -0.25) is 9.69 Å². The summed E-state index contributed by atoms with van der Waals surface area (Å²) in [5.41, 5.74) is 0. The van der Waals surface area contributed by atoms with Gasteiger partial charge in [0.1, 0.15) is 0 Å². The number of carbonyl (C=O) groups is 1. The van der Waals surface area contributed by atoms with E-state index < -0.39 is 0 Å². The summed E-state index contributed by atoms with van der Waals surface area (Å²) < 4.78 is 0. The van der Waals surface area contributed by atoms with Crippen molar-refractivity contribution in [3.05, 3.63) is 0 Å². The molecule has 1 aliphatic heterocycles. The SMILES string of the molecule is CCCC(=O)N1CCN(CCO)CC1. The number of amides is 1. The van der Waals surface area contributed by atoms with Crippen molar-refractivity contribution in [3.8, 4) is 0 Å². The van der Waals surface area contributed by atoms with Gasteiger partial charge in [0.25, 0.3) is 0 Å². The minimum Gasteiger partial charge on any atom is -0.395 e. The van der Waals surface area contributed by atoms with Crippen molar-refractivity contribution in [2.45, 2.75) is 19.8 Å². The molecule has 1 N–H and O–H groups in total. The molecular weight excluding hydrogens is 180 g/mol. The van der Waals surface area contributed by atoms with Crippen molar-refractivity contribution in [3.63, 3.8) is 0 Å². The first-order chi connectivity index (χ1) is 6.77. The van der Waals surface area contributed by atoms with E-state index in [1.165, 1.54) is 0 Å². The quantitative estimate of drug-likeness (QED) is 0.690. The number of nitrogens with zero attached hydrogens (tertiary/aromatic N) is 2. The van der Waals surface area contributed by atoms with Gasteiger partial charge in [-0.2, -0.15) is 0 Å². The fourth-order valence-corrected chi connectivity index (χ4v) is 1.73. The Hall–Kier alpha value is -0.610. The normalized spacial score (nSPS) is 18.6. The van der Waals surface area contributed by atoms with Gasteiger partial charge in [-0.05, 0) is 6.42 Å². The standard InChI is InChI=1S/C10H20N2O2/c1-2-3-10(14)12-6-4-11(5-7-12)8-9-13/h13H,2-9H2,1H3. The van der Waals surface area contributed by atoms with Crippen molar-refractivity contribution in [1.29, 1.82) is 0 Å². The molecule has 14 heavy (non-hydrogen) atoms. The molecule has 0 unspecified atom stereocenters. The van der Waals surface area contributed by atoms with Gasteiger partial charge in [0, 0.05) is 39.1 Å². The summed E-state index contributed by atoms with van der Waals surface area (Å²) in [5, 5.41) is 8.76. The lowest BCUT2D eigenvalue weighted by Gasteiger charge is -2.34. The molecule has 1 amide bonds. The van der Waals surface area contributed by atoms with E-state index in [2.05, 4.69) is 4.90 Å². The average Bonchev–Trinajstić information content (AvgIpc) is 2.20. The monoisotopic (exact) mass is 200 g/mol. The van der Waals surface area contributed by atoms with Crippen LogP contribution in [0.2, 0.25) is 0 Å². The topological polar surface area (TPSA) is 43.8 Å². The van der Waals surface area contributed by atoms with Crippen molar-refractivity contribution < 1.29 is 9.90 Å². The van der Waals surface area contributed by atoms with E-state index in [0.29, 0.717) is 6.42 Å². The molecule has 0 aromatic carbocycles. The molecule has 1 rings (SSSR count). The smallest absolute Gasteiger partial charge is 0.222 e. The molecule has 0 spiro atoms. The van der Waals surface area contributed by atoms with Gasteiger partial charge in [-0.15, -0.1) is 0 Å². The molecule has 0 aromatic rings. The highest BCUT2D eigenvalue weighted by Gasteiger charge is 2.19. The number of β-amino-alcohol motifs (C(OH)–C–C–N with tert-alkyl or cyclic N) is 1. The zero-order valence-electron chi connectivity index (χ0n) is 8.91. The molecule has 1 heterocycles. The molecule has 1 aliphatic rings. The van der Waals surface area contributed by atoms with E-state index in [1.807, 2.05) is 11.8 Å². The number of rotatable bonds is 4. The Bertz CT molecular complexity index is 177. The van der Waals surface area contributed by atoms with Gasteiger partial charge in [0.05, 0.1) is 6.61 Å². The zero-order valence-corrected chi connectivity index (χ0v) is 8.91. The fourth-order valence-electron chi connectivity index (χ4n) is 1.73. The van der Waals surface area contributed by atoms with Gasteiger partial charge >= 0.3 is 0 Å². The first-order valence-electron chi connectivity index (χ1n) is 5.39. The number of aliphatic hydroxyl groups excluding tert-OH is 1. The maximum absolute atomic E-state index is 11.5. The first kappa shape index (κ1) is 11.5. The molecule has 4 nitrogen and oxygen atoms in total. The third-order valence-electron chi connectivity index (χ3n) is 2.61. The second kappa shape index (κ2) is 5.98. The molecule has 0 bridgehead atoms. The van der Waals surface area contributed by atoms with E-state index in [-0.39, 0.29) is 12.5 Å². The second-order valence-corrected chi connectivity index (χ2v) is 3.70. The van der Waals surface area contributed by atoms with Crippen LogP contribution in [0.25, 0.3) is 0 Å². The largest absolute Gasteiger partial charge is 0.395 e. The highest BCUT2D eigenvalue weighted by molar-refractivity contribution is 5.76. The lowest BCUT2D eigenvalue weighted by Crippen LogP contribution is -2.49. The third-order valence-corrected chi connectivity index (χ3v) is 2.61. The minimum absolute atomic E-state index is 0.211. The van der Waals surface area contributed by atoms with Crippen LogP contribution in [-0.2, 0) is 4.79 Å². The average molecular weight is 200 g/mol. The van der Waals surface area contributed by atoms with Crippen LogP contribution in [0.5, 0.6) is 0 Å². The van der Waals surface area contributed by atoms with Gasteiger partial charge in [-0.1, -0.05) is 6.92 Å². The van der Waals surface area contributed by atoms with Crippen LogP contribution >= 0.6 is 0 Å². The Kier molecular flexibility index (Phi) is 4.90. The first-order valence-corrected chi connectivity index (χ1v) is 5.39. The van der Waals surface area contributed by atoms with Gasteiger partial charge < -0.3 is 10.0 Å². The van der Waals surface area contributed by atoms with Crippen molar-refractivity contribution in [1.82, 2.24) is 9.80 Å². The molecule has 0 saturated carbocycles. The van der Waals surface area contributed by atoms with E-state index in [4.69, 9.17) is 5.11 Å². The molecule has 82 valence electrons. The summed E-state index contributed by atoms with van der Waals surface area (Å²) in [6.07, 6.45) is 1.59. The van der Waals surface area contributed by atoms with E-state index >= 15 is 0 Å². The van der Waals surface area contributed by atoms with Crippen LogP contribution in [0.15, 0.2) is 0 Å². The Labute approximate surface area is 85.5 Å². The van der Waals surface area contributed by atoms with Crippen LogP contribution in [-0.4, -0.2) is 60.1 Å². The number of hydrogen-bond donors (Lipinski definition) is 1. The van der Waals surface area contributed by atoms with Crippen molar-refractivity contribution in [2.24, 2.45) is 0 Å². The maximum Gasteiger partial charge on any atom is 0.222 e. The lowest BCUT2D eigenvalue weighted by molar-refractivity contribution is -0.133. The van der Waals surface area contributed by atoms with E-state index in [9.17, 15) is 4.79 Å². The summed E-state index contributed by atoms with van der Waals surface area (Å²) in [6, 6.07) is 0. The minimum atomic E-state index is 0.211. The highest BCUT2D eigenvalue weighted by atomic mass is 16.3. The second-order valence-electron chi connectivity index (χ2n) is 3.70. The summed E-state index contributed by atoms with van der Waals surface area (Å²) >= 11 is 0. The molecule has 1 fully saturated rings. The lowest BCUT2D eigenvalue weighted by atomic mass is 10.2. The fraction of sp³-hybridized carbons (Fsp3) is 0.900. The molecule has 0 atom stereocenters. The zero-order chi connectivity index (χ0) is 10.4. The van der Waals surface area contributed by atoms with Crippen molar-refractivity contribution >= 4 is 5.91 Å². The summed E-state index contributed by atoms with van der Waals surface area (Å²) in [6.45, 7) is 6.41. The summed E-state index contributed by atoms with van der Waals surface area (Å²) in [4.78, 5) is 15.6. The van der Waals surface area contributed by atoms with E-state index in [1.54, 1.807) is 0 Å². The van der Waals surface area contributed by atoms with Gasteiger partial charge in [0.15, 0.2) is 0 Å². The Balaban J connectivity index is 2.24. The number of piperazine rings is 1. The van der Waals surface area contributed by atoms with Crippen LogP contribution < -0.4 is 0 Å². The maximum atomic E-state index is 11.5. The Morgan fingerprint density at radius 3 is 2.43 bits per heavy atom. The molecule has 0 aliphatic carbocycles. The molecular formula is C10H20N2O2. The number of hydrogen-bond acceptors (Lipinski definition) is 3. The van der Waals surface area contributed by atoms with Crippen LogP contribution in [0, 0.1) is 0 Å². The van der Waals surface area contributed by atoms with Crippen molar-refractivity contribution in [2.75, 3.05) is 39.3 Å². The van der Waals surface area contributed by atoms with Crippen LogP contribution in [0.1, 0.15) is 19.8 Å². The Morgan fingerprint density at radius 1 is 1.29 bits per heavy atom. The number of aliphatic hydroxyl groups is 1. The summed E-state index contributed by atoms with van der Waals surface area (Å²) in [5.74, 6) is 0.274. The van der Waals surface area contributed by atoms with E-state index in [0.717, 1.165) is 39.1 Å². The number of carbonyl (C=O) groups excluding carboxylic acids is 1. The molecule has 1 saturated heterocycles. The predicted octanol–water partition coefficient (Wildman–Crippen LogP) is -0.0770. The van der Waals surface area contributed by atoms with Crippen LogP contribution in [0.4, 0.5) is 0 Å². The van der Waals surface area contributed by atoms with Gasteiger partial charge in [-0.25, -0.2) is 0 Å². The van der Waals surface area contributed by atoms with Gasteiger partial charge in [0.2, 0.25) is 5.91 Å². The molecule has 0 aromatic heterocycles. The third kappa shape index (κ3) is 3.27. The molecule has 0 radical (unpaired) electrons. The Morgan fingerprint density at radius 2 is 1.93 bits per heavy atom. The van der Waals surface area contributed by atoms with Crippen LogP contribution in [0.3, 0.4) is 0 Å². The summed E-state index contributed by atoms with van der Waals surface area (Å²) in [7, 11) is 0. The molecule has 4 heteroatoms. The predicted molar refractivity (Wildman–Crippen MR) is 55.0 cm³/mol.